The van der Waals surface area contributed by atoms with Gasteiger partial charge < -0.3 is 56.8 Å². The fourth-order valence-corrected chi connectivity index (χ4v) is 21.8. The molecule has 14 rings (SSSR count). The molecule has 16 nitrogen and oxygen atoms in total. The zero-order chi connectivity index (χ0) is 64.8. The molecule has 3 aromatic carbocycles. The fourth-order valence-electron chi connectivity index (χ4n) is 21.8. The molecule has 0 bridgehead atoms. The third-order valence-corrected chi connectivity index (χ3v) is 27.1. The minimum atomic E-state index is -1.90. The summed E-state index contributed by atoms with van der Waals surface area (Å²) < 4.78 is 84.7. The van der Waals surface area contributed by atoms with Crippen LogP contribution in [0.25, 0.3) is 10.4 Å². The van der Waals surface area contributed by atoms with Crippen LogP contribution >= 0.6 is 0 Å². The summed E-state index contributed by atoms with van der Waals surface area (Å²) in [5.74, 6) is -2.39. The van der Waals surface area contributed by atoms with Gasteiger partial charge in [-0.1, -0.05) is 177 Å². The molecule has 0 aromatic heterocycles. The molecule has 500 valence electrons. The second kappa shape index (κ2) is 23.5. The van der Waals surface area contributed by atoms with E-state index in [0.717, 1.165) is 36.0 Å². The van der Waals surface area contributed by atoms with Crippen LogP contribution in [0, 0.1) is 73.4 Å². The molecular weight excluding hydrogens is 1160 g/mol. The van der Waals surface area contributed by atoms with Crippen molar-refractivity contribution in [1.29, 1.82) is 0 Å². The number of benzene rings is 3. The Labute approximate surface area is 546 Å². The van der Waals surface area contributed by atoms with E-state index in [1.54, 1.807) is 0 Å². The van der Waals surface area contributed by atoms with E-state index in [1.807, 2.05) is 102 Å². The molecule has 6 aliphatic carbocycles. The third kappa shape index (κ3) is 9.87. The molecule has 14 unspecified atom stereocenters. The number of hydrogen-bond acceptors (Lipinski definition) is 14. The zero-order valence-corrected chi connectivity index (χ0v) is 57.0. The molecule has 5 aliphatic heterocycles. The summed E-state index contributed by atoms with van der Waals surface area (Å²) in [5.41, 5.74) is 13.9. The molecule has 5 heterocycles. The van der Waals surface area contributed by atoms with E-state index in [9.17, 15) is 5.53 Å². The Morgan fingerprint density at radius 2 is 1.35 bits per heavy atom. The summed E-state index contributed by atoms with van der Waals surface area (Å²) in [6.07, 6.45) is 1.68. The van der Waals surface area contributed by atoms with Crippen LogP contribution in [0.1, 0.15) is 158 Å². The number of carbonyl (C=O) groups is 1. The maximum atomic E-state index is 17.1. The molecule has 10 fully saturated rings. The molecule has 5 saturated heterocycles. The van der Waals surface area contributed by atoms with Crippen molar-refractivity contribution in [2.24, 2.45) is 78.5 Å². The lowest BCUT2D eigenvalue weighted by atomic mass is 9.40. The van der Waals surface area contributed by atoms with Crippen molar-refractivity contribution >= 4 is 5.97 Å². The van der Waals surface area contributed by atoms with E-state index in [1.165, 1.54) is 24.8 Å². The lowest BCUT2D eigenvalue weighted by molar-refractivity contribution is -0.465. The number of carbonyl (C=O) groups excluding carboxylic acids is 1. The van der Waals surface area contributed by atoms with E-state index in [2.05, 4.69) is 103 Å². The van der Waals surface area contributed by atoms with Crippen LogP contribution in [0.4, 0.5) is 0 Å². The van der Waals surface area contributed by atoms with Gasteiger partial charge in [0.25, 0.3) is 5.79 Å². The first-order chi connectivity index (χ1) is 43.8. The molecular formula is C76H103N3O13. The molecule has 25 atom stereocenters. The van der Waals surface area contributed by atoms with E-state index in [4.69, 9.17) is 56.8 Å². The van der Waals surface area contributed by atoms with Crippen molar-refractivity contribution in [2.75, 3.05) is 20.3 Å². The number of hydrogen-bond donors (Lipinski definition) is 0. The van der Waals surface area contributed by atoms with Gasteiger partial charge in [-0.25, -0.2) is 0 Å². The quantitative estimate of drug-likeness (QED) is 0.0410. The number of esters is 1. The summed E-state index contributed by atoms with van der Waals surface area (Å²) in [6.45, 7) is 31.4. The number of rotatable bonds is 17. The normalized spacial score (nSPS) is 46.4. The van der Waals surface area contributed by atoms with Gasteiger partial charge in [-0.3, -0.25) is 4.79 Å². The molecule has 92 heavy (non-hydrogen) atoms. The standard InChI is InChI=1S/C76H103N3O13/c1-44-30-32-71(11)55(69(44,7)8)36-56-73(13)72(12)38-57(81-14)74(35-34-68(5,6)37-52(74)51(72)31-33-75(56,71)73)67(80)92-76(64-60(91-76)45(2)58(78-79-77)53(87-64)42-82-39-48-24-18-15-19-25-48)65-63-62(89-70(9,10)90-63)61(47(4)86-65)88-66-46(3)59(84-41-50-28-22-17-23-29-50)54(43-85-66)83-40-49-26-20-16-21-27-49/h15-29,31,44-47,52-66H,30,32-43H2,1-14H3/t44-,45?,46?,47+,52?,53-,54?,55-,56+,57-,58?,59?,60?,61?,62?,63?,64+,65+,66-,71?,72+,73+,74?,75?,76?/m0/s1. The molecule has 5 saturated carbocycles. The smallest absolute Gasteiger partial charge is 0.318 e. The van der Waals surface area contributed by atoms with Crippen molar-refractivity contribution in [3.05, 3.63) is 130 Å². The van der Waals surface area contributed by atoms with Gasteiger partial charge in [0.2, 0.25) is 0 Å². The maximum Gasteiger partial charge on any atom is 0.318 e. The fraction of sp³-hybridized carbons (Fsp3) is 0.724. The molecule has 0 amide bonds. The Morgan fingerprint density at radius 1 is 0.707 bits per heavy atom. The van der Waals surface area contributed by atoms with E-state index in [-0.39, 0.29) is 63.5 Å². The Balaban J connectivity index is 0.809. The Hall–Kier alpha value is -4.26. The maximum absolute atomic E-state index is 17.1. The van der Waals surface area contributed by atoms with Crippen LogP contribution < -0.4 is 0 Å². The van der Waals surface area contributed by atoms with Crippen molar-refractivity contribution in [2.45, 2.75) is 252 Å². The van der Waals surface area contributed by atoms with Gasteiger partial charge in [0.15, 0.2) is 24.3 Å². The molecule has 16 heteroatoms. The lowest BCUT2D eigenvalue weighted by Crippen LogP contribution is -2.82. The second-order valence-corrected chi connectivity index (χ2v) is 32.7. The third-order valence-electron chi connectivity index (χ3n) is 27.1. The van der Waals surface area contributed by atoms with Crippen molar-refractivity contribution < 1.29 is 61.6 Å². The predicted octanol–water partition coefficient (Wildman–Crippen LogP) is 14.5. The van der Waals surface area contributed by atoms with Gasteiger partial charge >= 0.3 is 5.97 Å². The molecule has 1 spiro atoms. The van der Waals surface area contributed by atoms with Crippen LogP contribution in [0.2, 0.25) is 0 Å². The predicted molar refractivity (Wildman–Crippen MR) is 345 cm³/mol. The summed E-state index contributed by atoms with van der Waals surface area (Å²) in [5, 5.41) is 4.35. The summed E-state index contributed by atoms with van der Waals surface area (Å²) in [6, 6.07) is 29.6. The van der Waals surface area contributed by atoms with Crippen LogP contribution in [0.3, 0.4) is 0 Å². The monoisotopic (exact) mass is 1270 g/mol. The highest BCUT2D eigenvalue weighted by atomic mass is 16.8. The number of azide groups is 1. The largest absolute Gasteiger partial charge is 0.426 e. The van der Waals surface area contributed by atoms with Gasteiger partial charge in [0.1, 0.15) is 29.8 Å². The Bertz CT molecular complexity index is 3270. The summed E-state index contributed by atoms with van der Waals surface area (Å²) in [4.78, 5) is 20.4. The number of nitrogens with zero attached hydrogens (tertiary/aromatic N) is 3. The summed E-state index contributed by atoms with van der Waals surface area (Å²) in [7, 11) is 1.81. The molecule has 0 N–H and O–H groups in total. The van der Waals surface area contributed by atoms with Crippen LogP contribution in [-0.4, -0.2) is 117 Å². The highest BCUT2D eigenvalue weighted by Crippen LogP contribution is 2.95. The number of fused-ring (bicyclic) bond motifs is 8. The number of ether oxygens (including phenoxy) is 12. The van der Waals surface area contributed by atoms with Gasteiger partial charge in [-0.05, 0) is 156 Å². The average Bonchev–Trinajstić information content (AvgIpc) is 1.43. The van der Waals surface area contributed by atoms with Gasteiger partial charge in [0.05, 0.1) is 69.6 Å². The minimum absolute atomic E-state index is 0.0266. The second-order valence-electron chi connectivity index (χ2n) is 32.7. The number of methoxy groups -OCH3 is 1. The minimum Gasteiger partial charge on any atom is -0.426 e. The number of allylic oxidation sites excluding steroid dienone is 2. The highest BCUT2D eigenvalue weighted by molar-refractivity contribution is 5.80. The van der Waals surface area contributed by atoms with Gasteiger partial charge in [-0.15, -0.1) is 0 Å². The first-order valence-corrected chi connectivity index (χ1v) is 34.9. The van der Waals surface area contributed by atoms with Gasteiger partial charge in [0, 0.05) is 17.9 Å². The van der Waals surface area contributed by atoms with Crippen LogP contribution in [-0.2, 0) is 81.5 Å². The topological polar surface area (TPSA) is 177 Å². The first-order valence-electron chi connectivity index (χ1n) is 34.9. The first kappa shape index (κ1) is 65.0. The van der Waals surface area contributed by atoms with Crippen LogP contribution in [0.15, 0.2) is 108 Å². The van der Waals surface area contributed by atoms with Gasteiger partial charge in [-0.2, -0.15) is 0 Å². The molecule has 3 aromatic rings. The SMILES string of the molecule is CO[C@H]1C[C@]2(C)C(=CCC34[C@H](C[C@H]5C(C)(C)[C@@H](C)CCC53C)[C@@]42C)C2CC(C)(C)CCC21C(=O)OC1([C@@H]2O[C@H](C)C(O[C@@H]3OCC(OCc4ccccc4)C(OCc4ccccc4)C3C)C3OC(C)(C)OC32)OC2C(C)C(N=[N+]=[N-])[C@H](COCc3ccccc3)O[C@H]21. The molecule has 11 aliphatic rings. The zero-order valence-electron chi connectivity index (χ0n) is 57.0. The highest BCUT2D eigenvalue weighted by Gasteiger charge is 2.91. The Morgan fingerprint density at radius 3 is 2.01 bits per heavy atom. The van der Waals surface area contributed by atoms with E-state index < -0.39 is 102 Å². The lowest BCUT2D eigenvalue weighted by Gasteiger charge is -2.66. The van der Waals surface area contributed by atoms with Crippen LogP contribution in [0.5, 0.6) is 0 Å². The van der Waals surface area contributed by atoms with E-state index in [0.29, 0.717) is 50.4 Å². The van der Waals surface area contributed by atoms with E-state index >= 15 is 4.79 Å². The average molecular weight is 1270 g/mol. The Kier molecular flexibility index (Phi) is 16.6. The van der Waals surface area contributed by atoms with Crippen molar-refractivity contribution in [3.8, 4) is 0 Å². The summed E-state index contributed by atoms with van der Waals surface area (Å²) >= 11 is 0. The molecule has 0 radical (unpaired) electrons. The van der Waals surface area contributed by atoms with Crippen molar-refractivity contribution in [3.63, 3.8) is 0 Å². The van der Waals surface area contributed by atoms with Crippen molar-refractivity contribution in [1.82, 2.24) is 0 Å².